The van der Waals surface area contributed by atoms with Crippen molar-refractivity contribution in [1.29, 1.82) is 0 Å². The minimum atomic E-state index is -0.686. The molecule has 3 N–H and O–H groups in total. The molecule has 2 fully saturated rings. The Kier molecular flexibility index (Phi) is 3.56. The molecule has 1 heterocycles. The standard InChI is InChI=1S/C12H19N3O2S/c1-8(9(16)15-6-2-3-7-15)14-11(17)12(4-5-12)10(13)18/h8H,2-7H2,1H3,(H2,13,18)(H,14,17). The average molecular weight is 269 g/mol. The largest absolute Gasteiger partial charge is 0.392 e. The van der Waals surface area contributed by atoms with E-state index in [-0.39, 0.29) is 16.8 Å². The maximum absolute atomic E-state index is 12.0. The van der Waals surface area contributed by atoms with Gasteiger partial charge in [-0.3, -0.25) is 9.59 Å². The second-order valence-electron chi connectivity index (χ2n) is 5.17. The molecule has 2 rings (SSSR count). The number of hydrogen-bond donors (Lipinski definition) is 2. The normalized spacial score (nSPS) is 22.4. The molecule has 1 atom stereocenters. The van der Waals surface area contributed by atoms with Crippen LogP contribution < -0.4 is 11.1 Å². The zero-order valence-corrected chi connectivity index (χ0v) is 11.4. The molecule has 1 unspecified atom stereocenters. The third-order valence-electron chi connectivity index (χ3n) is 3.79. The molecular formula is C12H19N3O2S. The number of nitrogens with two attached hydrogens (primary N) is 1. The van der Waals surface area contributed by atoms with Crippen LogP contribution >= 0.6 is 12.2 Å². The Morgan fingerprint density at radius 1 is 1.33 bits per heavy atom. The summed E-state index contributed by atoms with van der Waals surface area (Å²) in [6, 6.07) is -0.498. The average Bonchev–Trinajstić information content (AvgIpc) is 2.97. The first kappa shape index (κ1) is 13.3. The summed E-state index contributed by atoms with van der Waals surface area (Å²) in [5, 5.41) is 2.74. The first-order valence-electron chi connectivity index (χ1n) is 6.37. The van der Waals surface area contributed by atoms with Crippen LogP contribution in [0.15, 0.2) is 0 Å². The molecule has 1 aliphatic heterocycles. The Morgan fingerprint density at radius 2 is 1.89 bits per heavy atom. The number of hydrogen-bond acceptors (Lipinski definition) is 3. The molecule has 1 saturated heterocycles. The molecule has 0 aromatic rings. The van der Waals surface area contributed by atoms with Crippen molar-refractivity contribution in [3.05, 3.63) is 0 Å². The molecule has 0 radical (unpaired) electrons. The lowest BCUT2D eigenvalue weighted by atomic mass is 10.1. The summed E-state index contributed by atoms with van der Waals surface area (Å²) in [4.78, 5) is 26.1. The van der Waals surface area contributed by atoms with Crippen LogP contribution in [0.25, 0.3) is 0 Å². The molecule has 0 spiro atoms. The number of amides is 2. The van der Waals surface area contributed by atoms with Gasteiger partial charge >= 0.3 is 0 Å². The van der Waals surface area contributed by atoms with Crippen molar-refractivity contribution in [2.75, 3.05) is 13.1 Å². The maximum atomic E-state index is 12.0. The number of nitrogens with one attached hydrogen (secondary N) is 1. The van der Waals surface area contributed by atoms with Gasteiger partial charge in [-0.25, -0.2) is 0 Å². The molecule has 18 heavy (non-hydrogen) atoms. The van der Waals surface area contributed by atoms with Crippen LogP contribution in [0.4, 0.5) is 0 Å². The Morgan fingerprint density at radius 3 is 2.33 bits per heavy atom. The van der Waals surface area contributed by atoms with E-state index in [9.17, 15) is 9.59 Å². The third kappa shape index (κ3) is 2.34. The first-order chi connectivity index (χ1) is 8.47. The van der Waals surface area contributed by atoms with Crippen molar-refractivity contribution in [3.63, 3.8) is 0 Å². The highest BCUT2D eigenvalue weighted by Gasteiger charge is 2.53. The highest BCUT2D eigenvalue weighted by atomic mass is 32.1. The van der Waals surface area contributed by atoms with E-state index < -0.39 is 11.5 Å². The fourth-order valence-electron chi connectivity index (χ4n) is 2.32. The first-order valence-corrected chi connectivity index (χ1v) is 6.78. The third-order valence-corrected chi connectivity index (χ3v) is 4.18. The van der Waals surface area contributed by atoms with Gasteiger partial charge in [0.25, 0.3) is 0 Å². The van der Waals surface area contributed by atoms with Crippen LogP contribution in [0.2, 0.25) is 0 Å². The van der Waals surface area contributed by atoms with E-state index >= 15 is 0 Å². The Hall–Kier alpha value is -1.17. The summed E-state index contributed by atoms with van der Waals surface area (Å²) < 4.78 is 0. The van der Waals surface area contributed by atoms with Crippen LogP contribution in [-0.4, -0.2) is 40.8 Å². The van der Waals surface area contributed by atoms with Crippen LogP contribution in [0, 0.1) is 5.41 Å². The van der Waals surface area contributed by atoms with Crippen LogP contribution in [0.1, 0.15) is 32.6 Å². The Labute approximate surface area is 112 Å². The van der Waals surface area contributed by atoms with E-state index in [2.05, 4.69) is 5.32 Å². The zero-order valence-electron chi connectivity index (χ0n) is 10.6. The number of carbonyl (C=O) groups is 2. The zero-order chi connectivity index (χ0) is 13.3. The SMILES string of the molecule is CC(NC(=O)C1(C(N)=S)CC1)C(=O)N1CCCC1. The van der Waals surface area contributed by atoms with E-state index in [1.165, 1.54) is 0 Å². The van der Waals surface area contributed by atoms with Gasteiger partial charge in [0.1, 0.15) is 6.04 Å². The molecular weight excluding hydrogens is 250 g/mol. The van der Waals surface area contributed by atoms with Gasteiger partial charge in [0.2, 0.25) is 11.8 Å². The number of likely N-dealkylation sites (tertiary alicyclic amines) is 1. The Bertz CT molecular complexity index is 387. The molecule has 1 saturated carbocycles. The molecule has 0 aromatic carbocycles. The van der Waals surface area contributed by atoms with E-state index in [4.69, 9.17) is 18.0 Å². The van der Waals surface area contributed by atoms with Gasteiger partial charge in [0, 0.05) is 13.1 Å². The summed E-state index contributed by atoms with van der Waals surface area (Å²) in [5.41, 5.74) is 4.90. The molecule has 0 aromatic heterocycles. The summed E-state index contributed by atoms with van der Waals surface area (Å²) >= 11 is 4.92. The predicted octanol–water partition coefficient (Wildman–Crippen LogP) is 0.180. The van der Waals surface area contributed by atoms with E-state index in [1.807, 2.05) is 0 Å². The highest BCUT2D eigenvalue weighted by Crippen LogP contribution is 2.46. The molecule has 6 heteroatoms. The van der Waals surface area contributed by atoms with Crippen molar-refractivity contribution in [2.45, 2.75) is 38.6 Å². The number of carbonyl (C=O) groups excluding carboxylic acids is 2. The van der Waals surface area contributed by atoms with Gasteiger partial charge < -0.3 is 16.0 Å². The van der Waals surface area contributed by atoms with Crippen molar-refractivity contribution in [3.8, 4) is 0 Å². The van der Waals surface area contributed by atoms with Crippen molar-refractivity contribution < 1.29 is 9.59 Å². The fraction of sp³-hybridized carbons (Fsp3) is 0.750. The molecule has 2 aliphatic rings. The van der Waals surface area contributed by atoms with Gasteiger partial charge in [0.15, 0.2) is 0 Å². The van der Waals surface area contributed by atoms with E-state index in [0.717, 1.165) is 25.9 Å². The lowest BCUT2D eigenvalue weighted by Crippen LogP contribution is -2.50. The number of nitrogens with zero attached hydrogens (tertiary/aromatic N) is 1. The predicted molar refractivity (Wildman–Crippen MR) is 71.9 cm³/mol. The summed E-state index contributed by atoms with van der Waals surface area (Å²) in [7, 11) is 0. The van der Waals surface area contributed by atoms with Gasteiger partial charge in [-0.15, -0.1) is 0 Å². The smallest absolute Gasteiger partial charge is 0.244 e. The van der Waals surface area contributed by atoms with Crippen molar-refractivity contribution in [2.24, 2.45) is 11.1 Å². The minimum Gasteiger partial charge on any atom is -0.392 e. The number of rotatable bonds is 4. The monoisotopic (exact) mass is 269 g/mol. The van der Waals surface area contributed by atoms with Gasteiger partial charge in [-0.2, -0.15) is 0 Å². The lowest BCUT2D eigenvalue weighted by Gasteiger charge is -2.23. The van der Waals surface area contributed by atoms with Gasteiger partial charge in [-0.1, -0.05) is 12.2 Å². The van der Waals surface area contributed by atoms with E-state index in [0.29, 0.717) is 12.8 Å². The summed E-state index contributed by atoms with van der Waals surface area (Å²) in [6.45, 7) is 3.30. The van der Waals surface area contributed by atoms with Crippen molar-refractivity contribution in [1.82, 2.24) is 10.2 Å². The van der Waals surface area contributed by atoms with Crippen LogP contribution in [-0.2, 0) is 9.59 Å². The summed E-state index contributed by atoms with van der Waals surface area (Å²) in [6.07, 6.45) is 3.48. The molecule has 100 valence electrons. The second-order valence-corrected chi connectivity index (χ2v) is 5.61. The quantitative estimate of drug-likeness (QED) is 0.714. The van der Waals surface area contributed by atoms with Gasteiger partial charge in [-0.05, 0) is 32.6 Å². The highest BCUT2D eigenvalue weighted by molar-refractivity contribution is 7.80. The Balaban J connectivity index is 1.91. The molecule has 5 nitrogen and oxygen atoms in total. The molecule has 2 amide bonds. The maximum Gasteiger partial charge on any atom is 0.244 e. The minimum absolute atomic E-state index is 0.0143. The second kappa shape index (κ2) is 4.84. The van der Waals surface area contributed by atoms with Crippen LogP contribution in [0.3, 0.4) is 0 Å². The number of thiocarbonyl (C=S) groups is 1. The lowest BCUT2D eigenvalue weighted by molar-refractivity contribution is -0.135. The van der Waals surface area contributed by atoms with E-state index in [1.54, 1.807) is 11.8 Å². The topological polar surface area (TPSA) is 75.4 Å². The van der Waals surface area contributed by atoms with Crippen LogP contribution in [0.5, 0.6) is 0 Å². The molecule has 0 bridgehead atoms. The fourth-order valence-corrected chi connectivity index (χ4v) is 2.62. The van der Waals surface area contributed by atoms with Crippen molar-refractivity contribution >= 4 is 29.0 Å². The van der Waals surface area contributed by atoms with Gasteiger partial charge in [0.05, 0.1) is 10.4 Å². The summed E-state index contributed by atoms with van der Waals surface area (Å²) in [5.74, 6) is -0.213. The molecule has 1 aliphatic carbocycles.